The molecule has 1 aromatic carbocycles. The van der Waals surface area contributed by atoms with Crippen molar-refractivity contribution in [1.29, 1.82) is 0 Å². The van der Waals surface area contributed by atoms with Gasteiger partial charge in [0.15, 0.2) is 0 Å². The van der Waals surface area contributed by atoms with Crippen molar-refractivity contribution in [3.05, 3.63) is 59.7 Å². The molecule has 1 unspecified atom stereocenters. The molecule has 1 atom stereocenters. The molecule has 5 heteroatoms. The van der Waals surface area contributed by atoms with E-state index in [1.165, 1.54) is 18.6 Å². The van der Waals surface area contributed by atoms with Crippen molar-refractivity contribution < 1.29 is 13.9 Å². The molecule has 1 heterocycles. The third-order valence-electron chi connectivity index (χ3n) is 2.06. The van der Waals surface area contributed by atoms with Gasteiger partial charge in [-0.1, -0.05) is 0 Å². The predicted octanol–water partition coefficient (Wildman–Crippen LogP) is 1.84. The van der Waals surface area contributed by atoms with Gasteiger partial charge < -0.3 is 5.11 Å². The molecule has 0 saturated carbocycles. The van der Waals surface area contributed by atoms with Gasteiger partial charge in [0.2, 0.25) is 0 Å². The molecule has 0 amide bonds. The maximum absolute atomic E-state index is 12.9. The first-order valence-corrected chi connectivity index (χ1v) is 4.57. The molecule has 2 aromatic rings. The lowest BCUT2D eigenvalue weighted by Gasteiger charge is -2.09. The van der Waals surface area contributed by atoms with Crippen molar-refractivity contribution in [3.8, 4) is 0 Å². The highest BCUT2D eigenvalue weighted by molar-refractivity contribution is 5.25. The molecule has 82 valence electrons. The molecule has 0 bridgehead atoms. The minimum absolute atomic E-state index is 0.109. The van der Waals surface area contributed by atoms with E-state index in [4.69, 9.17) is 0 Å². The van der Waals surface area contributed by atoms with E-state index in [1.807, 2.05) is 0 Å². The van der Waals surface area contributed by atoms with Crippen molar-refractivity contribution in [2.75, 3.05) is 0 Å². The molecular weight excluding hydrogens is 214 g/mol. The zero-order valence-corrected chi connectivity index (χ0v) is 8.14. The molecule has 0 fully saturated rings. The number of halogens is 2. The third kappa shape index (κ3) is 2.20. The first kappa shape index (κ1) is 10.6. The summed E-state index contributed by atoms with van der Waals surface area (Å²) in [5.74, 6) is -1.48. The van der Waals surface area contributed by atoms with Crippen LogP contribution in [0.1, 0.15) is 17.4 Å². The summed E-state index contributed by atoms with van der Waals surface area (Å²) in [6.07, 6.45) is 3.00. The molecule has 0 saturated heterocycles. The van der Waals surface area contributed by atoms with Gasteiger partial charge in [0.05, 0.1) is 11.9 Å². The average Bonchev–Trinajstić information content (AvgIpc) is 2.28. The molecule has 0 aliphatic carbocycles. The summed E-state index contributed by atoms with van der Waals surface area (Å²) in [5, 5.41) is 9.80. The van der Waals surface area contributed by atoms with Crippen LogP contribution in [-0.2, 0) is 0 Å². The van der Waals surface area contributed by atoms with Gasteiger partial charge in [-0.2, -0.15) is 0 Å². The molecule has 16 heavy (non-hydrogen) atoms. The highest BCUT2D eigenvalue weighted by atomic mass is 19.1. The van der Waals surface area contributed by atoms with E-state index in [0.717, 1.165) is 18.2 Å². The summed E-state index contributed by atoms with van der Waals surface area (Å²) in [6, 6.07) is 2.86. The first-order chi connectivity index (χ1) is 7.66. The molecule has 0 radical (unpaired) electrons. The summed E-state index contributed by atoms with van der Waals surface area (Å²) < 4.78 is 25.8. The first-order valence-electron chi connectivity index (χ1n) is 4.57. The number of aromatic nitrogens is 2. The van der Waals surface area contributed by atoms with E-state index in [-0.39, 0.29) is 11.3 Å². The fraction of sp³-hybridized carbons (Fsp3) is 0.0909. The number of hydrogen-bond donors (Lipinski definition) is 1. The van der Waals surface area contributed by atoms with Crippen LogP contribution in [0.15, 0.2) is 36.8 Å². The molecule has 0 aliphatic heterocycles. The van der Waals surface area contributed by atoms with E-state index in [0.29, 0.717) is 0 Å². The third-order valence-corrected chi connectivity index (χ3v) is 2.06. The minimum Gasteiger partial charge on any atom is -0.382 e. The highest BCUT2D eigenvalue weighted by Crippen LogP contribution is 2.21. The quantitative estimate of drug-likeness (QED) is 0.843. The van der Waals surface area contributed by atoms with Gasteiger partial charge in [-0.15, -0.1) is 0 Å². The Morgan fingerprint density at radius 1 is 1.06 bits per heavy atom. The van der Waals surface area contributed by atoms with Crippen LogP contribution in [0.4, 0.5) is 8.78 Å². The van der Waals surface area contributed by atoms with Crippen LogP contribution in [0.25, 0.3) is 0 Å². The lowest BCUT2D eigenvalue weighted by Crippen LogP contribution is -2.03. The number of nitrogens with zero attached hydrogens (tertiary/aromatic N) is 2. The molecule has 0 aliphatic rings. The Bertz CT molecular complexity index is 470. The number of hydrogen-bond acceptors (Lipinski definition) is 3. The Labute approximate surface area is 90.4 Å². The topological polar surface area (TPSA) is 46.0 Å². The van der Waals surface area contributed by atoms with Gasteiger partial charge in [0.1, 0.15) is 17.7 Å². The van der Waals surface area contributed by atoms with Crippen molar-refractivity contribution in [1.82, 2.24) is 9.97 Å². The summed E-state index contributed by atoms with van der Waals surface area (Å²) in [5.41, 5.74) is 0.352. The van der Waals surface area contributed by atoms with E-state index in [1.54, 1.807) is 0 Å². The summed E-state index contributed by atoms with van der Waals surface area (Å²) in [6.45, 7) is 0. The number of aliphatic hydroxyl groups excluding tert-OH is 1. The van der Waals surface area contributed by atoms with Crippen LogP contribution < -0.4 is 0 Å². The van der Waals surface area contributed by atoms with Crippen molar-refractivity contribution in [2.45, 2.75) is 6.10 Å². The fourth-order valence-corrected chi connectivity index (χ4v) is 1.36. The normalized spacial score (nSPS) is 12.4. The second-order valence-electron chi connectivity index (χ2n) is 3.24. The highest BCUT2D eigenvalue weighted by Gasteiger charge is 2.13. The van der Waals surface area contributed by atoms with Crippen LogP contribution in [0.2, 0.25) is 0 Å². The summed E-state index contributed by atoms with van der Waals surface area (Å²) in [7, 11) is 0. The van der Waals surface area contributed by atoms with E-state index in [9.17, 15) is 13.9 Å². The fourth-order valence-electron chi connectivity index (χ4n) is 1.36. The predicted molar refractivity (Wildman–Crippen MR) is 52.5 cm³/mol. The molecule has 3 nitrogen and oxygen atoms in total. The second-order valence-corrected chi connectivity index (χ2v) is 3.24. The molecular formula is C11H8F2N2O. The Morgan fingerprint density at radius 2 is 1.75 bits per heavy atom. The van der Waals surface area contributed by atoms with Crippen LogP contribution >= 0.6 is 0 Å². The largest absolute Gasteiger partial charge is 0.382 e. The van der Waals surface area contributed by atoms with Crippen LogP contribution in [0.5, 0.6) is 0 Å². The molecule has 1 N–H and O–H groups in total. The Balaban J connectivity index is 2.37. The molecule has 1 aromatic heterocycles. The smallest absolute Gasteiger partial charge is 0.126 e. The average molecular weight is 222 g/mol. The standard InChI is InChI=1S/C11H8F2N2O/c12-8-3-7(4-9(13)5-8)11(16)10-6-14-1-2-15-10/h1-6,11,16H. The maximum Gasteiger partial charge on any atom is 0.126 e. The lowest BCUT2D eigenvalue weighted by atomic mass is 10.1. The number of aliphatic hydroxyl groups is 1. The molecule has 2 rings (SSSR count). The van der Waals surface area contributed by atoms with E-state index >= 15 is 0 Å². The minimum atomic E-state index is -1.18. The Kier molecular flexibility index (Phi) is 2.87. The Morgan fingerprint density at radius 3 is 2.31 bits per heavy atom. The monoisotopic (exact) mass is 222 g/mol. The number of rotatable bonds is 2. The zero-order valence-electron chi connectivity index (χ0n) is 8.14. The van der Waals surface area contributed by atoms with Crippen LogP contribution in [-0.4, -0.2) is 15.1 Å². The van der Waals surface area contributed by atoms with Crippen molar-refractivity contribution >= 4 is 0 Å². The van der Waals surface area contributed by atoms with E-state index < -0.39 is 17.7 Å². The van der Waals surface area contributed by atoms with Gasteiger partial charge >= 0.3 is 0 Å². The van der Waals surface area contributed by atoms with Gasteiger partial charge in [0, 0.05) is 18.5 Å². The van der Waals surface area contributed by atoms with E-state index in [2.05, 4.69) is 9.97 Å². The van der Waals surface area contributed by atoms with Gasteiger partial charge in [-0.05, 0) is 17.7 Å². The zero-order chi connectivity index (χ0) is 11.5. The SMILES string of the molecule is OC(c1cc(F)cc(F)c1)c1cnccn1. The maximum atomic E-state index is 12.9. The Hall–Kier alpha value is -1.88. The van der Waals surface area contributed by atoms with Gasteiger partial charge in [0.25, 0.3) is 0 Å². The van der Waals surface area contributed by atoms with Gasteiger partial charge in [-0.25, -0.2) is 8.78 Å². The summed E-state index contributed by atoms with van der Waals surface area (Å²) >= 11 is 0. The van der Waals surface area contributed by atoms with Crippen LogP contribution in [0.3, 0.4) is 0 Å². The lowest BCUT2D eigenvalue weighted by molar-refractivity contribution is 0.213. The summed E-state index contributed by atoms with van der Waals surface area (Å²) in [4.78, 5) is 7.62. The van der Waals surface area contributed by atoms with Crippen LogP contribution in [0, 0.1) is 11.6 Å². The number of benzene rings is 1. The molecule has 0 spiro atoms. The van der Waals surface area contributed by atoms with Gasteiger partial charge in [-0.3, -0.25) is 9.97 Å². The second kappa shape index (κ2) is 4.32. The van der Waals surface area contributed by atoms with Crippen molar-refractivity contribution in [3.63, 3.8) is 0 Å². The van der Waals surface area contributed by atoms with Crippen molar-refractivity contribution in [2.24, 2.45) is 0 Å².